The lowest BCUT2D eigenvalue weighted by Crippen LogP contribution is -2.33. The molecule has 1 aliphatic heterocycles. The minimum Gasteiger partial charge on any atom is -0.343 e. The summed E-state index contributed by atoms with van der Waals surface area (Å²) in [5, 5.41) is 4.64. The molecule has 0 spiro atoms. The third-order valence-corrected chi connectivity index (χ3v) is 5.69. The molecule has 4 nitrogen and oxygen atoms in total. The van der Waals surface area contributed by atoms with Gasteiger partial charge in [0.1, 0.15) is 0 Å². The first-order chi connectivity index (χ1) is 12.3. The lowest BCUT2D eigenvalue weighted by atomic mass is 9.84. The van der Waals surface area contributed by atoms with E-state index in [-0.39, 0.29) is 0 Å². The molecule has 1 atom stereocenters. The van der Waals surface area contributed by atoms with Gasteiger partial charge in [0.2, 0.25) is 5.91 Å². The van der Waals surface area contributed by atoms with Crippen molar-refractivity contribution in [2.45, 2.75) is 57.3 Å². The Hall–Kier alpha value is -2.10. The summed E-state index contributed by atoms with van der Waals surface area (Å²) in [4.78, 5) is 14.9. The number of amides is 1. The van der Waals surface area contributed by atoms with Crippen molar-refractivity contribution in [1.29, 1.82) is 0 Å². The number of hydrogen-bond donors (Lipinski definition) is 0. The molecule has 1 aliphatic carbocycles. The third kappa shape index (κ3) is 3.48. The molecular formula is C21H27N3O. The summed E-state index contributed by atoms with van der Waals surface area (Å²) >= 11 is 0. The maximum Gasteiger partial charge on any atom is 0.223 e. The van der Waals surface area contributed by atoms with Crippen LogP contribution in [0, 0.1) is 0 Å². The molecule has 2 aromatic rings. The molecular weight excluding hydrogens is 310 g/mol. The number of benzene rings is 1. The van der Waals surface area contributed by atoms with E-state index in [1.807, 2.05) is 24.4 Å². The number of carbonyl (C=O) groups excluding carboxylic acids is 1. The van der Waals surface area contributed by atoms with Crippen LogP contribution in [0.25, 0.3) is 5.69 Å². The predicted octanol–water partition coefficient (Wildman–Crippen LogP) is 4.08. The van der Waals surface area contributed by atoms with Crippen molar-refractivity contribution in [3.63, 3.8) is 0 Å². The van der Waals surface area contributed by atoms with Gasteiger partial charge in [0, 0.05) is 25.2 Å². The molecule has 1 fully saturated rings. The summed E-state index contributed by atoms with van der Waals surface area (Å²) in [5.41, 5.74) is 3.70. The van der Waals surface area contributed by atoms with Crippen molar-refractivity contribution in [1.82, 2.24) is 14.7 Å². The Morgan fingerprint density at radius 2 is 1.80 bits per heavy atom. The zero-order valence-electron chi connectivity index (χ0n) is 14.9. The molecule has 0 N–H and O–H groups in total. The minimum atomic E-state index is 0.331. The van der Waals surface area contributed by atoms with Gasteiger partial charge >= 0.3 is 0 Å². The van der Waals surface area contributed by atoms with Crippen LogP contribution in [0.2, 0.25) is 0 Å². The second-order valence-corrected chi connectivity index (χ2v) is 7.38. The van der Waals surface area contributed by atoms with Crippen LogP contribution in [0.1, 0.15) is 62.1 Å². The average molecular weight is 337 g/mol. The monoisotopic (exact) mass is 337 g/mol. The van der Waals surface area contributed by atoms with E-state index in [2.05, 4.69) is 26.8 Å². The molecule has 1 aromatic heterocycles. The number of para-hydroxylation sites is 1. The molecule has 0 saturated carbocycles. The van der Waals surface area contributed by atoms with Crippen molar-refractivity contribution in [3.05, 3.63) is 47.8 Å². The van der Waals surface area contributed by atoms with Crippen molar-refractivity contribution >= 4 is 5.91 Å². The van der Waals surface area contributed by atoms with Crippen LogP contribution in [0.4, 0.5) is 0 Å². The number of carbonyl (C=O) groups is 1. The Bertz CT molecular complexity index is 714. The van der Waals surface area contributed by atoms with Gasteiger partial charge in [0.05, 0.1) is 11.9 Å². The Labute approximate surface area is 149 Å². The fourth-order valence-electron chi connectivity index (χ4n) is 4.31. The van der Waals surface area contributed by atoms with Gasteiger partial charge in [0.15, 0.2) is 0 Å². The molecule has 25 heavy (non-hydrogen) atoms. The van der Waals surface area contributed by atoms with Crippen molar-refractivity contribution in [2.75, 3.05) is 13.1 Å². The molecule has 1 amide bonds. The van der Waals surface area contributed by atoms with E-state index in [1.165, 1.54) is 24.1 Å². The van der Waals surface area contributed by atoms with Crippen molar-refractivity contribution in [2.24, 2.45) is 0 Å². The van der Waals surface area contributed by atoms with E-state index in [0.29, 0.717) is 18.2 Å². The highest BCUT2D eigenvalue weighted by Crippen LogP contribution is 2.35. The molecule has 2 aliphatic rings. The summed E-state index contributed by atoms with van der Waals surface area (Å²) in [5.74, 6) is 0.671. The summed E-state index contributed by atoms with van der Waals surface area (Å²) in [6, 6.07) is 10.3. The van der Waals surface area contributed by atoms with E-state index in [9.17, 15) is 4.79 Å². The smallest absolute Gasteiger partial charge is 0.223 e. The van der Waals surface area contributed by atoms with Gasteiger partial charge in [-0.3, -0.25) is 4.79 Å². The first-order valence-electron chi connectivity index (χ1n) is 9.73. The van der Waals surface area contributed by atoms with Crippen molar-refractivity contribution in [3.8, 4) is 5.69 Å². The zero-order chi connectivity index (χ0) is 17.1. The van der Waals surface area contributed by atoms with Gasteiger partial charge in [-0.1, -0.05) is 31.0 Å². The lowest BCUT2D eigenvalue weighted by molar-refractivity contribution is -0.131. The summed E-state index contributed by atoms with van der Waals surface area (Å²) in [6.45, 7) is 1.89. The standard InChI is InChI=1S/C21H27N3O/c25-21(23-13-6-1-2-7-14-23)15-17-9-8-12-20-19(17)16-22-24(20)18-10-4-3-5-11-18/h3-5,10-11,16-17H,1-2,6-9,12-15H2. The zero-order valence-corrected chi connectivity index (χ0v) is 14.9. The van der Waals surface area contributed by atoms with Crippen LogP contribution in [0.3, 0.4) is 0 Å². The molecule has 1 aromatic carbocycles. The van der Waals surface area contributed by atoms with Crippen LogP contribution < -0.4 is 0 Å². The topological polar surface area (TPSA) is 38.1 Å². The van der Waals surface area contributed by atoms with Gasteiger partial charge in [-0.25, -0.2) is 4.68 Å². The molecule has 1 saturated heterocycles. The molecule has 2 heterocycles. The fourth-order valence-corrected chi connectivity index (χ4v) is 4.31. The fraction of sp³-hybridized carbons (Fsp3) is 0.524. The number of nitrogens with zero attached hydrogens (tertiary/aromatic N) is 3. The largest absolute Gasteiger partial charge is 0.343 e. The molecule has 0 bridgehead atoms. The second-order valence-electron chi connectivity index (χ2n) is 7.38. The van der Waals surface area contributed by atoms with Crippen LogP contribution >= 0.6 is 0 Å². The number of aromatic nitrogens is 2. The lowest BCUT2D eigenvalue weighted by Gasteiger charge is -2.26. The Morgan fingerprint density at radius 3 is 2.56 bits per heavy atom. The van der Waals surface area contributed by atoms with Gasteiger partial charge < -0.3 is 4.90 Å². The number of hydrogen-bond acceptors (Lipinski definition) is 2. The number of rotatable bonds is 3. The quantitative estimate of drug-likeness (QED) is 0.846. The maximum atomic E-state index is 12.8. The van der Waals surface area contributed by atoms with Crippen molar-refractivity contribution < 1.29 is 4.79 Å². The Kier molecular flexibility index (Phi) is 4.86. The van der Waals surface area contributed by atoms with E-state index in [1.54, 1.807) is 0 Å². The Morgan fingerprint density at radius 1 is 1.04 bits per heavy atom. The SMILES string of the molecule is O=C(CC1CCCc2c1cnn2-c1ccccc1)N1CCCCCC1. The highest BCUT2D eigenvalue weighted by molar-refractivity contribution is 5.77. The highest BCUT2D eigenvalue weighted by atomic mass is 16.2. The summed E-state index contributed by atoms with van der Waals surface area (Å²) in [6.07, 6.45) is 10.8. The van der Waals surface area contributed by atoms with E-state index >= 15 is 0 Å². The minimum absolute atomic E-state index is 0.331. The third-order valence-electron chi connectivity index (χ3n) is 5.69. The van der Waals surface area contributed by atoms with Gasteiger partial charge in [-0.2, -0.15) is 5.10 Å². The second kappa shape index (κ2) is 7.42. The maximum absolute atomic E-state index is 12.8. The van der Waals surface area contributed by atoms with Crippen LogP contribution in [-0.4, -0.2) is 33.7 Å². The molecule has 4 rings (SSSR count). The van der Waals surface area contributed by atoms with Gasteiger partial charge in [0.25, 0.3) is 0 Å². The first-order valence-corrected chi connectivity index (χ1v) is 9.73. The summed E-state index contributed by atoms with van der Waals surface area (Å²) < 4.78 is 2.07. The van der Waals surface area contributed by atoms with E-state index in [0.717, 1.165) is 50.9 Å². The molecule has 0 radical (unpaired) electrons. The van der Waals surface area contributed by atoms with Gasteiger partial charge in [-0.15, -0.1) is 0 Å². The molecule has 1 unspecified atom stereocenters. The summed E-state index contributed by atoms with van der Waals surface area (Å²) in [7, 11) is 0. The van der Waals surface area contributed by atoms with Crippen LogP contribution in [0.15, 0.2) is 36.5 Å². The average Bonchev–Trinajstić information content (AvgIpc) is 2.90. The normalized spacial score (nSPS) is 20.8. The highest BCUT2D eigenvalue weighted by Gasteiger charge is 2.28. The number of likely N-dealkylation sites (tertiary alicyclic amines) is 1. The predicted molar refractivity (Wildman–Crippen MR) is 98.9 cm³/mol. The van der Waals surface area contributed by atoms with Gasteiger partial charge in [-0.05, 0) is 55.7 Å². The molecule has 132 valence electrons. The molecule has 4 heteroatoms. The van der Waals surface area contributed by atoms with E-state index < -0.39 is 0 Å². The number of fused-ring (bicyclic) bond motifs is 1. The first kappa shape index (κ1) is 16.4. The Balaban J connectivity index is 1.52. The van der Waals surface area contributed by atoms with Crippen LogP contribution in [-0.2, 0) is 11.2 Å². The van der Waals surface area contributed by atoms with Crippen LogP contribution in [0.5, 0.6) is 0 Å². The van der Waals surface area contributed by atoms with E-state index in [4.69, 9.17) is 0 Å².